The zero-order valence-corrected chi connectivity index (χ0v) is 8.72. The Morgan fingerprint density at radius 2 is 2.00 bits per heavy atom. The third kappa shape index (κ3) is 4.36. The van der Waals surface area contributed by atoms with Gasteiger partial charge in [0, 0.05) is 6.21 Å². The molecule has 1 rings (SSSR count). The van der Waals surface area contributed by atoms with Crippen molar-refractivity contribution in [2.45, 2.75) is 12.8 Å². The van der Waals surface area contributed by atoms with Crippen molar-refractivity contribution >= 4 is 18.0 Å². The van der Waals surface area contributed by atoms with Gasteiger partial charge in [-0.05, 0) is 18.4 Å². The van der Waals surface area contributed by atoms with Gasteiger partial charge in [-0.1, -0.05) is 30.3 Å². The third-order valence-corrected chi connectivity index (χ3v) is 1.89. The number of nitrogens with zero attached hydrogens (tertiary/aromatic N) is 1. The minimum atomic E-state index is -1.04. The molecule has 2 amide bonds. The number of carbonyl (C=O) groups is 2. The maximum Gasteiger partial charge on any atom is 0.329 e. The van der Waals surface area contributed by atoms with Crippen molar-refractivity contribution in [3.8, 4) is 0 Å². The van der Waals surface area contributed by atoms with Crippen molar-refractivity contribution in [1.82, 2.24) is 5.43 Å². The number of aryl methyl sites for hydroxylation is 1. The van der Waals surface area contributed by atoms with Crippen LogP contribution < -0.4 is 11.2 Å². The van der Waals surface area contributed by atoms with Crippen LogP contribution in [0, 0.1) is 0 Å². The van der Waals surface area contributed by atoms with E-state index < -0.39 is 11.8 Å². The lowest BCUT2D eigenvalue weighted by molar-refractivity contribution is -0.137. The molecule has 0 heterocycles. The fraction of sp³-hybridized carbons (Fsp3) is 0.182. The first-order valence-corrected chi connectivity index (χ1v) is 4.85. The molecule has 0 atom stereocenters. The Kier molecular flexibility index (Phi) is 4.72. The monoisotopic (exact) mass is 219 g/mol. The molecule has 0 bridgehead atoms. The van der Waals surface area contributed by atoms with Crippen LogP contribution in [-0.2, 0) is 16.0 Å². The average Bonchev–Trinajstić information content (AvgIpc) is 2.29. The zero-order chi connectivity index (χ0) is 11.8. The van der Waals surface area contributed by atoms with E-state index in [4.69, 9.17) is 5.73 Å². The summed E-state index contributed by atoms with van der Waals surface area (Å²) < 4.78 is 0. The summed E-state index contributed by atoms with van der Waals surface area (Å²) in [4.78, 5) is 21.0. The first-order chi connectivity index (χ1) is 7.70. The van der Waals surface area contributed by atoms with Gasteiger partial charge in [-0.3, -0.25) is 9.59 Å². The van der Waals surface area contributed by atoms with E-state index in [-0.39, 0.29) is 0 Å². The number of hydrogen-bond acceptors (Lipinski definition) is 3. The number of primary amides is 1. The number of nitrogens with one attached hydrogen (secondary N) is 1. The smallest absolute Gasteiger partial charge is 0.329 e. The molecule has 0 spiro atoms. The fourth-order valence-electron chi connectivity index (χ4n) is 1.10. The predicted octanol–water partition coefficient (Wildman–Crippen LogP) is 0.207. The second-order valence-electron chi connectivity index (χ2n) is 3.14. The summed E-state index contributed by atoms with van der Waals surface area (Å²) in [5.74, 6) is -1.95. The van der Waals surface area contributed by atoms with Crippen LogP contribution in [0.2, 0.25) is 0 Å². The van der Waals surface area contributed by atoms with E-state index in [1.54, 1.807) is 0 Å². The first-order valence-electron chi connectivity index (χ1n) is 4.85. The van der Waals surface area contributed by atoms with Gasteiger partial charge < -0.3 is 5.73 Å². The standard InChI is InChI=1S/C11H13N3O2/c12-10(15)11(16)14-13-8-4-7-9-5-2-1-3-6-9/h1-3,5-6,8H,4,7H2,(H2,12,15)(H,14,16)/b13-8+. The molecular formula is C11H13N3O2. The van der Waals surface area contributed by atoms with E-state index in [0.717, 1.165) is 6.42 Å². The number of benzene rings is 1. The molecule has 3 N–H and O–H groups in total. The van der Waals surface area contributed by atoms with E-state index in [1.165, 1.54) is 11.8 Å². The second-order valence-corrected chi connectivity index (χ2v) is 3.14. The summed E-state index contributed by atoms with van der Waals surface area (Å²) in [6, 6.07) is 9.89. The van der Waals surface area contributed by atoms with Gasteiger partial charge >= 0.3 is 11.8 Å². The molecular weight excluding hydrogens is 206 g/mol. The Morgan fingerprint density at radius 1 is 1.31 bits per heavy atom. The highest BCUT2D eigenvalue weighted by molar-refractivity contribution is 6.34. The third-order valence-electron chi connectivity index (χ3n) is 1.89. The van der Waals surface area contributed by atoms with Crippen LogP contribution in [0.1, 0.15) is 12.0 Å². The molecule has 84 valence electrons. The van der Waals surface area contributed by atoms with Gasteiger partial charge in [0.25, 0.3) is 0 Å². The van der Waals surface area contributed by atoms with E-state index in [9.17, 15) is 9.59 Å². The van der Waals surface area contributed by atoms with Crippen LogP contribution in [0.5, 0.6) is 0 Å². The molecule has 0 aromatic heterocycles. The lowest BCUT2D eigenvalue weighted by Gasteiger charge is -1.96. The van der Waals surface area contributed by atoms with Gasteiger partial charge in [0.15, 0.2) is 0 Å². The van der Waals surface area contributed by atoms with Gasteiger partial charge in [-0.2, -0.15) is 5.10 Å². The van der Waals surface area contributed by atoms with Crippen LogP contribution >= 0.6 is 0 Å². The maximum absolute atomic E-state index is 10.7. The minimum absolute atomic E-state index is 0.684. The van der Waals surface area contributed by atoms with E-state index in [1.807, 2.05) is 35.8 Å². The van der Waals surface area contributed by atoms with Crippen LogP contribution in [-0.4, -0.2) is 18.0 Å². The number of rotatable bonds is 4. The lowest BCUT2D eigenvalue weighted by atomic mass is 10.1. The number of amides is 2. The molecule has 0 saturated heterocycles. The quantitative estimate of drug-likeness (QED) is 0.431. The summed E-state index contributed by atoms with van der Waals surface area (Å²) >= 11 is 0. The number of hydrogen-bond donors (Lipinski definition) is 2. The second kappa shape index (κ2) is 6.34. The molecule has 0 radical (unpaired) electrons. The molecule has 1 aromatic carbocycles. The SMILES string of the molecule is NC(=O)C(=O)N/N=C/CCc1ccccc1. The van der Waals surface area contributed by atoms with Crippen molar-refractivity contribution in [2.24, 2.45) is 10.8 Å². The van der Waals surface area contributed by atoms with Crippen molar-refractivity contribution in [2.75, 3.05) is 0 Å². The number of hydrazone groups is 1. The largest absolute Gasteiger partial charge is 0.361 e. The summed E-state index contributed by atoms with van der Waals surface area (Å²) in [7, 11) is 0. The predicted molar refractivity (Wildman–Crippen MR) is 60.6 cm³/mol. The average molecular weight is 219 g/mol. The Hall–Kier alpha value is -2.17. The lowest BCUT2D eigenvalue weighted by Crippen LogP contribution is -2.32. The Morgan fingerprint density at radius 3 is 2.62 bits per heavy atom. The molecule has 0 saturated carbocycles. The van der Waals surface area contributed by atoms with Gasteiger partial charge in [0.05, 0.1) is 0 Å². The minimum Gasteiger partial charge on any atom is -0.361 e. The van der Waals surface area contributed by atoms with Gasteiger partial charge in [-0.25, -0.2) is 5.43 Å². The molecule has 16 heavy (non-hydrogen) atoms. The van der Waals surface area contributed by atoms with Crippen LogP contribution in [0.3, 0.4) is 0 Å². The summed E-state index contributed by atoms with van der Waals surface area (Å²) in [5, 5.41) is 3.58. The Labute approximate surface area is 93.3 Å². The van der Waals surface area contributed by atoms with E-state index >= 15 is 0 Å². The highest BCUT2D eigenvalue weighted by atomic mass is 16.2. The number of carbonyl (C=O) groups excluding carboxylic acids is 2. The topological polar surface area (TPSA) is 84.5 Å². The maximum atomic E-state index is 10.7. The molecule has 5 nitrogen and oxygen atoms in total. The van der Waals surface area contributed by atoms with Gasteiger partial charge in [0.2, 0.25) is 0 Å². The summed E-state index contributed by atoms with van der Waals surface area (Å²) in [6.07, 6.45) is 3.05. The fourth-order valence-corrected chi connectivity index (χ4v) is 1.10. The van der Waals surface area contributed by atoms with Crippen molar-refractivity contribution < 1.29 is 9.59 Å². The van der Waals surface area contributed by atoms with Crippen molar-refractivity contribution in [3.63, 3.8) is 0 Å². The molecule has 0 fully saturated rings. The summed E-state index contributed by atoms with van der Waals surface area (Å²) in [5.41, 5.74) is 7.93. The molecule has 0 unspecified atom stereocenters. The van der Waals surface area contributed by atoms with Crippen molar-refractivity contribution in [3.05, 3.63) is 35.9 Å². The molecule has 1 aromatic rings. The van der Waals surface area contributed by atoms with Crippen LogP contribution in [0.4, 0.5) is 0 Å². The highest BCUT2D eigenvalue weighted by Gasteiger charge is 2.04. The van der Waals surface area contributed by atoms with E-state index in [2.05, 4.69) is 5.10 Å². The molecule has 0 aliphatic heterocycles. The summed E-state index contributed by atoms with van der Waals surface area (Å²) in [6.45, 7) is 0. The Bertz CT molecular complexity index is 387. The van der Waals surface area contributed by atoms with E-state index in [0.29, 0.717) is 6.42 Å². The normalized spacial score (nSPS) is 10.2. The van der Waals surface area contributed by atoms with Gasteiger partial charge in [-0.15, -0.1) is 0 Å². The zero-order valence-electron chi connectivity index (χ0n) is 8.72. The van der Waals surface area contributed by atoms with Crippen molar-refractivity contribution in [1.29, 1.82) is 0 Å². The molecule has 5 heteroatoms. The Balaban J connectivity index is 2.23. The highest BCUT2D eigenvalue weighted by Crippen LogP contribution is 2.00. The van der Waals surface area contributed by atoms with Gasteiger partial charge in [0.1, 0.15) is 0 Å². The molecule has 0 aliphatic rings. The molecule has 0 aliphatic carbocycles. The number of nitrogens with two attached hydrogens (primary N) is 1. The van der Waals surface area contributed by atoms with Crippen LogP contribution in [0.15, 0.2) is 35.4 Å². The van der Waals surface area contributed by atoms with Crippen LogP contribution in [0.25, 0.3) is 0 Å². The first kappa shape index (κ1) is 11.9.